The van der Waals surface area contributed by atoms with Crippen LogP contribution in [0.25, 0.3) is 0 Å². The number of aryl methyl sites for hydroxylation is 1. The van der Waals surface area contributed by atoms with Crippen molar-refractivity contribution >= 4 is 11.8 Å². The first-order chi connectivity index (χ1) is 7.36. The van der Waals surface area contributed by atoms with Gasteiger partial charge in [0.05, 0.1) is 0 Å². The van der Waals surface area contributed by atoms with Crippen molar-refractivity contribution in [3.63, 3.8) is 0 Å². The SMILES string of the molecule is Cc1nccn1CCN[C@H]1CCCSC1. The molecular formula is C11H19N3S. The van der Waals surface area contributed by atoms with Gasteiger partial charge in [0.25, 0.3) is 0 Å². The molecule has 3 nitrogen and oxygen atoms in total. The summed E-state index contributed by atoms with van der Waals surface area (Å²) in [5.74, 6) is 3.73. The molecular weight excluding hydrogens is 206 g/mol. The Kier molecular flexibility index (Phi) is 4.09. The zero-order valence-electron chi connectivity index (χ0n) is 9.28. The van der Waals surface area contributed by atoms with E-state index >= 15 is 0 Å². The van der Waals surface area contributed by atoms with Crippen molar-refractivity contribution in [2.75, 3.05) is 18.1 Å². The molecule has 1 atom stereocenters. The molecule has 15 heavy (non-hydrogen) atoms. The van der Waals surface area contributed by atoms with Crippen molar-refractivity contribution in [1.29, 1.82) is 0 Å². The minimum absolute atomic E-state index is 0.729. The Hall–Kier alpha value is -0.480. The van der Waals surface area contributed by atoms with Crippen LogP contribution in [-0.4, -0.2) is 33.6 Å². The molecule has 0 amide bonds. The van der Waals surface area contributed by atoms with Gasteiger partial charge in [-0.2, -0.15) is 11.8 Å². The van der Waals surface area contributed by atoms with Gasteiger partial charge in [-0.05, 0) is 25.5 Å². The molecule has 2 heterocycles. The van der Waals surface area contributed by atoms with E-state index in [-0.39, 0.29) is 0 Å². The van der Waals surface area contributed by atoms with Crippen molar-refractivity contribution < 1.29 is 0 Å². The van der Waals surface area contributed by atoms with E-state index in [2.05, 4.69) is 33.6 Å². The average molecular weight is 225 g/mol. The number of nitrogens with zero attached hydrogens (tertiary/aromatic N) is 2. The summed E-state index contributed by atoms with van der Waals surface area (Å²) < 4.78 is 2.20. The highest BCUT2D eigenvalue weighted by molar-refractivity contribution is 7.99. The molecule has 1 aliphatic heterocycles. The summed E-state index contributed by atoms with van der Waals surface area (Å²) in [4.78, 5) is 4.21. The number of hydrogen-bond donors (Lipinski definition) is 1. The monoisotopic (exact) mass is 225 g/mol. The zero-order chi connectivity index (χ0) is 10.5. The zero-order valence-corrected chi connectivity index (χ0v) is 10.1. The molecule has 0 bridgehead atoms. The highest BCUT2D eigenvalue weighted by Crippen LogP contribution is 2.16. The van der Waals surface area contributed by atoms with Crippen LogP contribution < -0.4 is 5.32 Å². The fourth-order valence-corrected chi connectivity index (χ4v) is 3.04. The first-order valence-electron chi connectivity index (χ1n) is 5.65. The molecule has 1 fully saturated rings. The standard InChI is InChI=1S/C11H19N3S/c1-10-12-4-6-14(10)7-5-13-11-3-2-8-15-9-11/h4,6,11,13H,2-3,5,7-9H2,1H3/t11-/m0/s1. The van der Waals surface area contributed by atoms with Crippen molar-refractivity contribution in [3.05, 3.63) is 18.2 Å². The number of rotatable bonds is 4. The van der Waals surface area contributed by atoms with Crippen LogP contribution in [0.2, 0.25) is 0 Å². The third-order valence-electron chi connectivity index (χ3n) is 2.87. The Morgan fingerprint density at radius 1 is 1.67 bits per heavy atom. The third kappa shape index (κ3) is 3.24. The summed E-state index contributed by atoms with van der Waals surface area (Å²) in [6.45, 7) is 4.14. The molecule has 0 aliphatic carbocycles. The maximum Gasteiger partial charge on any atom is 0.105 e. The molecule has 84 valence electrons. The quantitative estimate of drug-likeness (QED) is 0.845. The fourth-order valence-electron chi connectivity index (χ4n) is 1.93. The molecule has 2 rings (SSSR count). The van der Waals surface area contributed by atoms with Gasteiger partial charge in [0.15, 0.2) is 0 Å². The van der Waals surface area contributed by atoms with Crippen LogP contribution >= 0.6 is 11.8 Å². The van der Waals surface area contributed by atoms with Crippen LogP contribution in [0.3, 0.4) is 0 Å². The summed E-state index contributed by atoms with van der Waals surface area (Å²) in [5, 5.41) is 3.62. The molecule has 4 heteroatoms. The van der Waals surface area contributed by atoms with E-state index in [9.17, 15) is 0 Å². The first kappa shape index (κ1) is 11.0. The van der Waals surface area contributed by atoms with Gasteiger partial charge < -0.3 is 9.88 Å². The molecule has 1 aromatic rings. The molecule has 0 spiro atoms. The number of hydrogen-bond acceptors (Lipinski definition) is 3. The van der Waals surface area contributed by atoms with E-state index in [1.807, 2.05) is 12.4 Å². The highest BCUT2D eigenvalue weighted by Gasteiger charge is 2.12. The molecule has 1 saturated heterocycles. The van der Waals surface area contributed by atoms with Crippen LogP contribution in [-0.2, 0) is 6.54 Å². The molecule has 1 aliphatic rings. The van der Waals surface area contributed by atoms with E-state index < -0.39 is 0 Å². The van der Waals surface area contributed by atoms with Crippen LogP contribution in [0.1, 0.15) is 18.7 Å². The van der Waals surface area contributed by atoms with Crippen LogP contribution in [0.15, 0.2) is 12.4 Å². The van der Waals surface area contributed by atoms with Gasteiger partial charge in [0.1, 0.15) is 5.82 Å². The Balaban J connectivity index is 1.68. The van der Waals surface area contributed by atoms with Gasteiger partial charge in [0.2, 0.25) is 0 Å². The normalized spacial score (nSPS) is 21.8. The summed E-state index contributed by atoms with van der Waals surface area (Å²) >= 11 is 2.07. The Bertz CT molecular complexity index is 292. The molecule has 0 saturated carbocycles. The van der Waals surface area contributed by atoms with E-state index in [1.165, 1.54) is 24.3 Å². The number of imidazole rings is 1. The maximum atomic E-state index is 4.21. The van der Waals surface area contributed by atoms with Crippen LogP contribution in [0.5, 0.6) is 0 Å². The van der Waals surface area contributed by atoms with Crippen LogP contribution in [0, 0.1) is 6.92 Å². The first-order valence-corrected chi connectivity index (χ1v) is 6.80. The van der Waals surface area contributed by atoms with Gasteiger partial charge in [-0.15, -0.1) is 0 Å². The average Bonchev–Trinajstić information content (AvgIpc) is 2.66. The van der Waals surface area contributed by atoms with E-state index in [1.54, 1.807) is 0 Å². The van der Waals surface area contributed by atoms with Gasteiger partial charge in [-0.25, -0.2) is 4.98 Å². The smallest absolute Gasteiger partial charge is 0.105 e. The lowest BCUT2D eigenvalue weighted by atomic mass is 10.2. The summed E-state index contributed by atoms with van der Waals surface area (Å²) in [6, 6.07) is 0.729. The van der Waals surface area contributed by atoms with Crippen LogP contribution in [0.4, 0.5) is 0 Å². The summed E-state index contributed by atoms with van der Waals surface area (Å²) in [6.07, 6.45) is 6.63. The lowest BCUT2D eigenvalue weighted by molar-refractivity contribution is 0.483. The summed E-state index contributed by atoms with van der Waals surface area (Å²) in [5.41, 5.74) is 0. The predicted octanol–water partition coefficient (Wildman–Crippen LogP) is 1.68. The van der Waals surface area contributed by atoms with E-state index in [4.69, 9.17) is 0 Å². The Labute approximate surface area is 95.7 Å². The topological polar surface area (TPSA) is 29.9 Å². The fraction of sp³-hybridized carbons (Fsp3) is 0.727. The molecule has 0 unspecified atom stereocenters. The van der Waals surface area contributed by atoms with E-state index in [0.29, 0.717) is 0 Å². The lowest BCUT2D eigenvalue weighted by Crippen LogP contribution is -2.35. The van der Waals surface area contributed by atoms with Gasteiger partial charge >= 0.3 is 0 Å². The van der Waals surface area contributed by atoms with Crippen molar-refractivity contribution in [3.8, 4) is 0 Å². The Morgan fingerprint density at radius 2 is 2.60 bits per heavy atom. The van der Waals surface area contributed by atoms with Gasteiger partial charge in [-0.3, -0.25) is 0 Å². The highest BCUT2D eigenvalue weighted by atomic mass is 32.2. The van der Waals surface area contributed by atoms with Crippen molar-refractivity contribution in [1.82, 2.24) is 14.9 Å². The number of nitrogens with one attached hydrogen (secondary N) is 1. The number of aromatic nitrogens is 2. The molecule has 1 N–H and O–H groups in total. The van der Waals surface area contributed by atoms with Crippen molar-refractivity contribution in [2.45, 2.75) is 32.4 Å². The van der Waals surface area contributed by atoms with E-state index in [0.717, 1.165) is 25.0 Å². The molecule has 0 radical (unpaired) electrons. The minimum Gasteiger partial charge on any atom is -0.334 e. The second-order valence-corrected chi connectivity index (χ2v) is 5.19. The predicted molar refractivity (Wildman–Crippen MR) is 65.3 cm³/mol. The lowest BCUT2D eigenvalue weighted by Gasteiger charge is -2.22. The summed E-state index contributed by atoms with van der Waals surface area (Å²) in [7, 11) is 0. The van der Waals surface area contributed by atoms with Gasteiger partial charge in [0, 0.05) is 37.3 Å². The molecule has 1 aromatic heterocycles. The van der Waals surface area contributed by atoms with Crippen molar-refractivity contribution in [2.24, 2.45) is 0 Å². The van der Waals surface area contributed by atoms with Gasteiger partial charge in [-0.1, -0.05) is 0 Å². The number of thioether (sulfide) groups is 1. The molecule has 0 aromatic carbocycles. The second kappa shape index (κ2) is 5.56. The maximum absolute atomic E-state index is 4.21. The Morgan fingerprint density at radius 3 is 3.27 bits per heavy atom. The second-order valence-electron chi connectivity index (χ2n) is 4.04. The minimum atomic E-state index is 0.729. The third-order valence-corrected chi connectivity index (χ3v) is 4.09. The largest absolute Gasteiger partial charge is 0.334 e.